The maximum Gasteiger partial charge on any atom is 0.229 e. The molecule has 2 fully saturated rings. The fourth-order valence-electron chi connectivity index (χ4n) is 4.78. The number of nitrogens with one attached hydrogen (secondary N) is 1. The van der Waals surface area contributed by atoms with E-state index < -0.39 is 0 Å². The first-order valence-electron chi connectivity index (χ1n) is 12.4. The normalized spacial score (nSPS) is 20.4. The lowest BCUT2D eigenvalue weighted by Crippen LogP contribution is -2.46. The molecule has 2 saturated heterocycles. The summed E-state index contributed by atoms with van der Waals surface area (Å²) in [6, 6.07) is 11.7. The van der Waals surface area contributed by atoms with Gasteiger partial charge in [-0.2, -0.15) is 9.97 Å². The average molecular weight is 538 g/mol. The number of pyridine rings is 1. The molecule has 192 valence electrons. The standard InChI is InChI=1S/C26H28ClN7O2S/c1-16-13-34(14-17(2)36-16)25-31-23-19(24(32-25)33-9-11-35-12-10-33)7-8-22(29-23)30-26-28-21(15-37-26)18-5-3-4-6-20(18)27/h3-8,15-17H,9-14H2,1-2H3,(H,28,29,30,31,32). The minimum Gasteiger partial charge on any atom is -0.378 e. The van der Waals surface area contributed by atoms with Crippen molar-refractivity contribution in [3.63, 3.8) is 0 Å². The van der Waals surface area contributed by atoms with Gasteiger partial charge in [-0.05, 0) is 32.0 Å². The van der Waals surface area contributed by atoms with Crippen molar-refractivity contribution in [1.82, 2.24) is 19.9 Å². The third-order valence-electron chi connectivity index (χ3n) is 6.43. The van der Waals surface area contributed by atoms with Crippen LogP contribution in [0.15, 0.2) is 41.8 Å². The number of ether oxygens (including phenoxy) is 2. The van der Waals surface area contributed by atoms with Crippen LogP contribution in [0.2, 0.25) is 5.02 Å². The highest BCUT2D eigenvalue weighted by Crippen LogP contribution is 2.33. The number of anilines is 4. The Morgan fingerprint density at radius 1 is 0.946 bits per heavy atom. The van der Waals surface area contributed by atoms with Crippen LogP contribution in [0.25, 0.3) is 22.3 Å². The highest BCUT2D eigenvalue weighted by Gasteiger charge is 2.26. The Labute approximate surface area is 224 Å². The number of nitrogens with zero attached hydrogens (tertiary/aromatic N) is 6. The molecular formula is C26H28ClN7O2S. The number of thiazole rings is 1. The second-order valence-corrected chi connectivity index (χ2v) is 10.6. The van der Waals surface area contributed by atoms with Gasteiger partial charge in [-0.15, -0.1) is 11.3 Å². The molecule has 3 aromatic heterocycles. The summed E-state index contributed by atoms with van der Waals surface area (Å²) < 4.78 is 11.5. The second-order valence-electron chi connectivity index (χ2n) is 9.32. The topological polar surface area (TPSA) is 88.5 Å². The van der Waals surface area contributed by atoms with E-state index in [0.29, 0.717) is 35.6 Å². The summed E-state index contributed by atoms with van der Waals surface area (Å²) >= 11 is 7.87. The van der Waals surface area contributed by atoms with Gasteiger partial charge in [0.1, 0.15) is 11.6 Å². The molecule has 6 rings (SSSR count). The van der Waals surface area contributed by atoms with Crippen LogP contribution < -0.4 is 15.1 Å². The van der Waals surface area contributed by atoms with Crippen molar-refractivity contribution in [3.05, 3.63) is 46.8 Å². The van der Waals surface area contributed by atoms with E-state index in [2.05, 4.69) is 29.0 Å². The van der Waals surface area contributed by atoms with Crippen LogP contribution in [-0.4, -0.2) is 71.5 Å². The molecule has 0 bridgehead atoms. The fraction of sp³-hybridized carbons (Fsp3) is 0.385. The highest BCUT2D eigenvalue weighted by molar-refractivity contribution is 7.14. The van der Waals surface area contributed by atoms with Crippen LogP contribution in [0.3, 0.4) is 0 Å². The van der Waals surface area contributed by atoms with E-state index >= 15 is 0 Å². The minimum absolute atomic E-state index is 0.105. The summed E-state index contributed by atoms with van der Waals surface area (Å²) in [5.74, 6) is 2.24. The molecule has 9 nitrogen and oxygen atoms in total. The van der Waals surface area contributed by atoms with Gasteiger partial charge in [-0.3, -0.25) is 0 Å². The minimum atomic E-state index is 0.105. The number of aromatic nitrogens is 4. The molecule has 11 heteroatoms. The molecule has 0 spiro atoms. The zero-order valence-corrected chi connectivity index (χ0v) is 22.3. The monoisotopic (exact) mass is 537 g/mol. The molecule has 0 saturated carbocycles. The van der Waals surface area contributed by atoms with E-state index in [1.807, 2.05) is 41.8 Å². The third kappa shape index (κ3) is 5.19. The van der Waals surface area contributed by atoms with E-state index in [-0.39, 0.29) is 12.2 Å². The van der Waals surface area contributed by atoms with E-state index in [1.165, 1.54) is 11.3 Å². The Balaban J connectivity index is 1.34. The molecule has 0 amide bonds. The van der Waals surface area contributed by atoms with Gasteiger partial charge in [0.15, 0.2) is 10.8 Å². The number of hydrogen-bond donors (Lipinski definition) is 1. The fourth-order valence-corrected chi connectivity index (χ4v) is 5.73. The summed E-state index contributed by atoms with van der Waals surface area (Å²) in [4.78, 5) is 24.0. The van der Waals surface area contributed by atoms with E-state index in [0.717, 1.165) is 53.8 Å². The van der Waals surface area contributed by atoms with Crippen LogP contribution in [-0.2, 0) is 9.47 Å². The van der Waals surface area contributed by atoms with Gasteiger partial charge in [0.25, 0.3) is 0 Å². The van der Waals surface area contributed by atoms with Crippen LogP contribution in [0.5, 0.6) is 0 Å². The Bertz CT molecular complexity index is 1400. The molecule has 37 heavy (non-hydrogen) atoms. The largest absolute Gasteiger partial charge is 0.378 e. The number of benzene rings is 1. The van der Waals surface area contributed by atoms with Gasteiger partial charge in [-0.1, -0.05) is 29.8 Å². The number of hydrogen-bond acceptors (Lipinski definition) is 10. The SMILES string of the molecule is CC1CN(c2nc(N3CCOCC3)c3ccc(Nc4nc(-c5ccccc5Cl)cs4)nc3n2)CC(C)O1. The van der Waals surface area contributed by atoms with Crippen molar-refractivity contribution >= 4 is 56.7 Å². The van der Waals surface area contributed by atoms with Crippen molar-refractivity contribution in [2.75, 3.05) is 54.5 Å². The molecular weight excluding hydrogens is 510 g/mol. The quantitative estimate of drug-likeness (QED) is 0.378. The molecule has 2 unspecified atom stereocenters. The molecule has 2 aliphatic heterocycles. The Kier molecular flexibility index (Phi) is 6.81. The van der Waals surface area contributed by atoms with Gasteiger partial charge >= 0.3 is 0 Å². The van der Waals surface area contributed by atoms with E-state index in [4.69, 9.17) is 41.0 Å². The first-order valence-corrected chi connectivity index (χ1v) is 13.7. The van der Waals surface area contributed by atoms with Crippen molar-refractivity contribution < 1.29 is 9.47 Å². The van der Waals surface area contributed by atoms with Gasteiger partial charge in [0.2, 0.25) is 5.95 Å². The van der Waals surface area contributed by atoms with Crippen LogP contribution in [0.1, 0.15) is 13.8 Å². The van der Waals surface area contributed by atoms with Crippen LogP contribution >= 0.6 is 22.9 Å². The lowest BCUT2D eigenvalue weighted by atomic mass is 10.2. The molecule has 1 N–H and O–H groups in total. The molecule has 0 radical (unpaired) electrons. The Hall–Kier alpha value is -3.05. The molecule has 4 aromatic rings. The summed E-state index contributed by atoms with van der Waals surface area (Å²) in [5.41, 5.74) is 2.38. The Morgan fingerprint density at radius 3 is 2.51 bits per heavy atom. The zero-order valence-electron chi connectivity index (χ0n) is 20.7. The molecule has 5 heterocycles. The predicted molar refractivity (Wildman–Crippen MR) is 148 cm³/mol. The van der Waals surface area contributed by atoms with Crippen molar-refractivity contribution in [2.24, 2.45) is 0 Å². The number of morpholine rings is 2. The summed E-state index contributed by atoms with van der Waals surface area (Å²) in [7, 11) is 0. The van der Waals surface area contributed by atoms with E-state index in [9.17, 15) is 0 Å². The molecule has 2 atom stereocenters. The predicted octanol–water partition coefficient (Wildman–Crippen LogP) is 5.00. The van der Waals surface area contributed by atoms with Crippen molar-refractivity contribution in [3.8, 4) is 11.3 Å². The highest BCUT2D eigenvalue weighted by atomic mass is 35.5. The first-order chi connectivity index (χ1) is 18.0. The van der Waals surface area contributed by atoms with Crippen LogP contribution in [0, 0.1) is 0 Å². The van der Waals surface area contributed by atoms with E-state index in [1.54, 1.807) is 0 Å². The maximum atomic E-state index is 6.36. The number of rotatable bonds is 5. The summed E-state index contributed by atoms with van der Waals surface area (Å²) in [5, 5.41) is 7.66. The lowest BCUT2D eigenvalue weighted by molar-refractivity contribution is -0.00570. The van der Waals surface area contributed by atoms with Gasteiger partial charge in [0.05, 0.1) is 36.5 Å². The summed E-state index contributed by atoms with van der Waals surface area (Å²) in [6.45, 7) is 8.56. The zero-order chi connectivity index (χ0) is 25.4. The number of halogens is 1. The Morgan fingerprint density at radius 2 is 1.73 bits per heavy atom. The van der Waals surface area contributed by atoms with Crippen molar-refractivity contribution in [1.29, 1.82) is 0 Å². The van der Waals surface area contributed by atoms with Gasteiger partial charge in [0, 0.05) is 42.1 Å². The molecule has 2 aliphatic rings. The average Bonchev–Trinajstić information content (AvgIpc) is 3.36. The van der Waals surface area contributed by atoms with Crippen LogP contribution in [0.4, 0.5) is 22.7 Å². The maximum absolute atomic E-state index is 6.36. The van der Waals surface area contributed by atoms with Gasteiger partial charge in [-0.25, -0.2) is 9.97 Å². The smallest absolute Gasteiger partial charge is 0.229 e. The van der Waals surface area contributed by atoms with Gasteiger partial charge < -0.3 is 24.6 Å². The first kappa shape index (κ1) is 24.3. The number of fused-ring (bicyclic) bond motifs is 1. The molecule has 1 aromatic carbocycles. The molecule has 0 aliphatic carbocycles. The summed E-state index contributed by atoms with van der Waals surface area (Å²) in [6.07, 6.45) is 0.209. The third-order valence-corrected chi connectivity index (χ3v) is 7.52. The second kappa shape index (κ2) is 10.4. The van der Waals surface area contributed by atoms with Crippen molar-refractivity contribution in [2.45, 2.75) is 26.1 Å². The lowest BCUT2D eigenvalue weighted by Gasteiger charge is -2.36.